The molecule has 4 nitrogen and oxygen atoms in total. The van der Waals surface area contributed by atoms with Crippen LogP contribution in [-0.4, -0.2) is 29.8 Å². The molecule has 0 atom stereocenters. The van der Waals surface area contributed by atoms with Crippen molar-refractivity contribution in [2.75, 3.05) is 18.4 Å². The Morgan fingerprint density at radius 2 is 1.80 bits per heavy atom. The highest BCUT2D eigenvalue weighted by molar-refractivity contribution is 9.10. The van der Waals surface area contributed by atoms with E-state index in [1.807, 2.05) is 19.1 Å². The van der Waals surface area contributed by atoms with Gasteiger partial charge in [-0.15, -0.1) is 0 Å². The fraction of sp³-hybridized carbons (Fsp3) is 0.467. The fourth-order valence-corrected chi connectivity index (χ4v) is 2.91. The third-order valence-corrected chi connectivity index (χ3v) is 4.12. The summed E-state index contributed by atoms with van der Waals surface area (Å²) >= 11 is 3.39. The highest BCUT2D eigenvalue weighted by atomic mass is 79.9. The third-order valence-electron chi connectivity index (χ3n) is 3.46. The number of likely N-dealkylation sites (tertiary alicyclic amines) is 1. The second-order valence-corrected chi connectivity index (χ2v) is 6.00. The summed E-state index contributed by atoms with van der Waals surface area (Å²) in [4.78, 5) is 25.8. The molecule has 0 bridgehead atoms. The summed E-state index contributed by atoms with van der Waals surface area (Å²) in [6.07, 6.45) is 4.23. The van der Waals surface area contributed by atoms with Gasteiger partial charge in [-0.1, -0.05) is 18.9 Å². The summed E-state index contributed by atoms with van der Waals surface area (Å²) in [5.74, 6) is -0.990. The molecule has 2 amide bonds. The molecule has 0 aromatic heterocycles. The van der Waals surface area contributed by atoms with E-state index < -0.39 is 11.8 Å². The zero-order valence-electron chi connectivity index (χ0n) is 11.6. The maximum Gasteiger partial charge on any atom is 0.313 e. The Morgan fingerprint density at radius 1 is 1.15 bits per heavy atom. The van der Waals surface area contributed by atoms with E-state index in [0.29, 0.717) is 18.8 Å². The summed E-state index contributed by atoms with van der Waals surface area (Å²) in [5, 5.41) is 2.68. The van der Waals surface area contributed by atoms with E-state index in [1.54, 1.807) is 11.0 Å². The van der Waals surface area contributed by atoms with Crippen LogP contribution in [0, 0.1) is 6.92 Å². The van der Waals surface area contributed by atoms with Gasteiger partial charge in [0.05, 0.1) is 5.69 Å². The number of amides is 2. The van der Waals surface area contributed by atoms with Gasteiger partial charge in [-0.05, 0) is 53.4 Å². The van der Waals surface area contributed by atoms with Gasteiger partial charge in [0, 0.05) is 17.6 Å². The first-order chi connectivity index (χ1) is 9.58. The molecule has 0 aliphatic carbocycles. The predicted octanol–water partition coefficient (Wildman–Crippen LogP) is 3.10. The molecule has 20 heavy (non-hydrogen) atoms. The van der Waals surface area contributed by atoms with Gasteiger partial charge in [-0.3, -0.25) is 9.59 Å². The van der Waals surface area contributed by atoms with Crippen molar-refractivity contribution >= 4 is 33.4 Å². The summed E-state index contributed by atoms with van der Waals surface area (Å²) < 4.78 is 0.787. The van der Waals surface area contributed by atoms with Crippen LogP contribution in [0.25, 0.3) is 0 Å². The van der Waals surface area contributed by atoms with Gasteiger partial charge in [0.1, 0.15) is 0 Å². The molecule has 1 N–H and O–H groups in total. The maximum atomic E-state index is 12.1. The van der Waals surface area contributed by atoms with E-state index in [1.165, 1.54) is 0 Å². The molecule has 0 radical (unpaired) electrons. The number of benzene rings is 1. The number of hydrogen-bond donors (Lipinski definition) is 1. The Hall–Kier alpha value is -1.36. The number of anilines is 1. The van der Waals surface area contributed by atoms with Gasteiger partial charge in [-0.2, -0.15) is 0 Å². The van der Waals surface area contributed by atoms with Gasteiger partial charge in [0.2, 0.25) is 0 Å². The first-order valence-electron chi connectivity index (χ1n) is 6.94. The molecule has 1 saturated heterocycles. The van der Waals surface area contributed by atoms with Gasteiger partial charge >= 0.3 is 11.8 Å². The molecule has 108 valence electrons. The largest absolute Gasteiger partial charge is 0.334 e. The number of hydrogen-bond acceptors (Lipinski definition) is 2. The Bertz CT molecular complexity index is 509. The number of nitrogens with one attached hydrogen (secondary N) is 1. The molecule has 5 heteroatoms. The molecular weight excluding hydrogens is 320 g/mol. The normalized spacial score (nSPS) is 15.6. The van der Waals surface area contributed by atoms with E-state index in [0.717, 1.165) is 35.7 Å². The molecule has 1 fully saturated rings. The lowest BCUT2D eigenvalue weighted by atomic mass is 10.2. The van der Waals surface area contributed by atoms with E-state index in [-0.39, 0.29) is 0 Å². The Morgan fingerprint density at radius 3 is 2.40 bits per heavy atom. The van der Waals surface area contributed by atoms with Crippen LogP contribution in [-0.2, 0) is 9.59 Å². The molecule has 0 unspecified atom stereocenters. The Labute approximate surface area is 127 Å². The topological polar surface area (TPSA) is 49.4 Å². The first kappa shape index (κ1) is 15.0. The van der Waals surface area contributed by atoms with Crippen molar-refractivity contribution in [3.05, 3.63) is 28.2 Å². The van der Waals surface area contributed by atoms with E-state index in [4.69, 9.17) is 0 Å². The average molecular weight is 339 g/mol. The van der Waals surface area contributed by atoms with Crippen molar-refractivity contribution in [3.8, 4) is 0 Å². The molecule has 0 spiro atoms. The lowest BCUT2D eigenvalue weighted by Crippen LogP contribution is -2.40. The van der Waals surface area contributed by atoms with Gasteiger partial charge < -0.3 is 10.2 Å². The number of carbonyl (C=O) groups excluding carboxylic acids is 2. The van der Waals surface area contributed by atoms with Crippen molar-refractivity contribution in [2.24, 2.45) is 0 Å². The number of rotatable bonds is 1. The second-order valence-electron chi connectivity index (χ2n) is 5.14. The van der Waals surface area contributed by atoms with Gasteiger partial charge in [0.15, 0.2) is 0 Å². The van der Waals surface area contributed by atoms with Crippen LogP contribution in [0.4, 0.5) is 5.69 Å². The highest BCUT2D eigenvalue weighted by Gasteiger charge is 2.23. The lowest BCUT2D eigenvalue weighted by Gasteiger charge is -2.19. The zero-order valence-corrected chi connectivity index (χ0v) is 13.2. The fourth-order valence-electron chi connectivity index (χ4n) is 2.31. The second kappa shape index (κ2) is 6.88. The minimum atomic E-state index is -0.559. The summed E-state index contributed by atoms with van der Waals surface area (Å²) in [6, 6.07) is 5.61. The number of halogens is 1. The minimum Gasteiger partial charge on any atom is -0.334 e. The smallest absolute Gasteiger partial charge is 0.313 e. The average Bonchev–Trinajstić information content (AvgIpc) is 2.70. The molecule has 2 rings (SSSR count). The zero-order chi connectivity index (χ0) is 14.5. The van der Waals surface area contributed by atoms with Crippen LogP contribution in [0.3, 0.4) is 0 Å². The number of nitrogens with zero attached hydrogens (tertiary/aromatic N) is 1. The van der Waals surface area contributed by atoms with Crippen molar-refractivity contribution in [1.29, 1.82) is 0 Å². The molecule has 1 heterocycles. The van der Waals surface area contributed by atoms with Crippen LogP contribution in [0.2, 0.25) is 0 Å². The van der Waals surface area contributed by atoms with Crippen LogP contribution in [0.15, 0.2) is 22.7 Å². The first-order valence-corrected chi connectivity index (χ1v) is 7.73. The molecule has 1 aromatic rings. The Kier molecular flexibility index (Phi) is 5.17. The lowest BCUT2D eigenvalue weighted by molar-refractivity contribution is -0.143. The van der Waals surface area contributed by atoms with Crippen LogP contribution in [0.5, 0.6) is 0 Å². The van der Waals surface area contributed by atoms with Gasteiger partial charge in [-0.25, -0.2) is 0 Å². The molecule has 1 aliphatic rings. The summed E-state index contributed by atoms with van der Waals surface area (Å²) in [7, 11) is 0. The molecular formula is C15H19BrN2O2. The summed E-state index contributed by atoms with van der Waals surface area (Å²) in [6.45, 7) is 3.33. The van der Waals surface area contributed by atoms with Crippen molar-refractivity contribution in [2.45, 2.75) is 32.6 Å². The number of aryl methyl sites for hydroxylation is 1. The SMILES string of the molecule is Cc1ccc(NC(=O)C(=O)N2CCCCCC2)c(Br)c1. The van der Waals surface area contributed by atoms with Crippen LogP contribution in [0.1, 0.15) is 31.2 Å². The number of carbonyl (C=O) groups is 2. The van der Waals surface area contributed by atoms with Crippen LogP contribution >= 0.6 is 15.9 Å². The minimum absolute atomic E-state index is 0.431. The molecule has 1 aliphatic heterocycles. The highest BCUT2D eigenvalue weighted by Crippen LogP contribution is 2.23. The van der Waals surface area contributed by atoms with Gasteiger partial charge in [0.25, 0.3) is 0 Å². The van der Waals surface area contributed by atoms with Crippen LogP contribution < -0.4 is 5.32 Å². The molecule has 1 aromatic carbocycles. The predicted molar refractivity (Wildman–Crippen MR) is 82.6 cm³/mol. The van der Waals surface area contributed by atoms with E-state index in [2.05, 4.69) is 21.2 Å². The third kappa shape index (κ3) is 3.82. The van der Waals surface area contributed by atoms with E-state index >= 15 is 0 Å². The molecule has 0 saturated carbocycles. The quantitative estimate of drug-likeness (QED) is 0.800. The Balaban J connectivity index is 2.01. The van der Waals surface area contributed by atoms with Crippen molar-refractivity contribution in [1.82, 2.24) is 4.90 Å². The van der Waals surface area contributed by atoms with E-state index in [9.17, 15) is 9.59 Å². The monoisotopic (exact) mass is 338 g/mol. The standard InChI is InChI=1S/C15H19BrN2O2/c1-11-6-7-13(12(16)10-11)17-14(19)15(20)18-8-4-2-3-5-9-18/h6-7,10H,2-5,8-9H2,1H3,(H,17,19). The summed E-state index contributed by atoms with van der Waals surface area (Å²) in [5.41, 5.74) is 1.72. The van der Waals surface area contributed by atoms with Crippen molar-refractivity contribution < 1.29 is 9.59 Å². The maximum absolute atomic E-state index is 12.1. The van der Waals surface area contributed by atoms with Crippen molar-refractivity contribution in [3.63, 3.8) is 0 Å².